The summed E-state index contributed by atoms with van der Waals surface area (Å²) in [5.74, 6) is 1.20. The molecule has 2 N–H and O–H groups in total. The van der Waals surface area contributed by atoms with Gasteiger partial charge in [0.1, 0.15) is 0 Å². The van der Waals surface area contributed by atoms with Crippen molar-refractivity contribution in [2.45, 2.75) is 58.3 Å². The molecule has 2 aliphatic rings. The zero-order valence-corrected chi connectivity index (χ0v) is 11.8. The molecule has 104 valence electrons. The van der Waals surface area contributed by atoms with Crippen molar-refractivity contribution in [2.24, 2.45) is 17.1 Å². The number of nitrogens with two attached hydrogens (primary N) is 1. The molecule has 0 unspecified atom stereocenters. The molecule has 0 aromatic carbocycles. The van der Waals surface area contributed by atoms with Crippen molar-refractivity contribution < 1.29 is 4.79 Å². The maximum Gasteiger partial charge on any atom is 0.222 e. The third-order valence-corrected chi connectivity index (χ3v) is 5.06. The van der Waals surface area contributed by atoms with Gasteiger partial charge in [-0.3, -0.25) is 4.79 Å². The molecule has 1 saturated carbocycles. The van der Waals surface area contributed by atoms with Crippen LogP contribution in [0.2, 0.25) is 0 Å². The zero-order valence-electron chi connectivity index (χ0n) is 11.8. The number of likely N-dealkylation sites (tertiary alicyclic amines) is 1. The number of nitrogens with zero attached hydrogens (tertiary/aromatic N) is 1. The fourth-order valence-corrected chi connectivity index (χ4v) is 3.28. The normalized spacial score (nSPS) is 24.4. The molecule has 0 aromatic rings. The molecule has 0 radical (unpaired) electrons. The molecule has 1 amide bonds. The molecular formula is C15H28N2O. The van der Waals surface area contributed by atoms with Crippen LogP contribution in [0.5, 0.6) is 0 Å². The average Bonchev–Trinajstić information content (AvgIpc) is 2.90. The van der Waals surface area contributed by atoms with Crippen LogP contribution in [-0.4, -0.2) is 30.4 Å². The van der Waals surface area contributed by atoms with E-state index in [-0.39, 0.29) is 5.41 Å². The molecule has 3 heteroatoms. The number of hydrogen-bond acceptors (Lipinski definition) is 2. The molecule has 3 nitrogen and oxygen atoms in total. The molecule has 0 spiro atoms. The highest BCUT2D eigenvalue weighted by atomic mass is 16.2. The molecule has 0 aromatic heterocycles. The van der Waals surface area contributed by atoms with Crippen molar-refractivity contribution in [2.75, 3.05) is 19.6 Å². The van der Waals surface area contributed by atoms with Crippen LogP contribution in [0.15, 0.2) is 0 Å². The van der Waals surface area contributed by atoms with Crippen LogP contribution in [0.25, 0.3) is 0 Å². The Balaban J connectivity index is 1.70. The van der Waals surface area contributed by atoms with E-state index >= 15 is 0 Å². The summed E-state index contributed by atoms with van der Waals surface area (Å²) in [5, 5.41) is 0. The summed E-state index contributed by atoms with van der Waals surface area (Å²) >= 11 is 0. The van der Waals surface area contributed by atoms with Gasteiger partial charge in [-0.05, 0) is 37.1 Å². The predicted octanol–water partition coefficient (Wildman–Crippen LogP) is 2.54. The number of carbonyl (C=O) groups is 1. The first-order chi connectivity index (χ1) is 8.63. The van der Waals surface area contributed by atoms with E-state index in [2.05, 4.69) is 11.8 Å². The van der Waals surface area contributed by atoms with Crippen LogP contribution in [0, 0.1) is 11.3 Å². The highest BCUT2D eigenvalue weighted by molar-refractivity contribution is 5.76. The van der Waals surface area contributed by atoms with E-state index < -0.39 is 0 Å². The van der Waals surface area contributed by atoms with Crippen molar-refractivity contribution in [3.05, 3.63) is 0 Å². The van der Waals surface area contributed by atoms with Crippen LogP contribution in [-0.2, 0) is 4.79 Å². The standard InChI is InChI=1S/C15H28N2O/c1-15(12-16)8-10-17(11-9-15)14(18)7-6-13-4-2-3-5-13/h13H,2-12,16H2,1H3. The van der Waals surface area contributed by atoms with Gasteiger partial charge in [0.25, 0.3) is 0 Å². The molecule has 0 atom stereocenters. The lowest BCUT2D eigenvalue weighted by molar-refractivity contribution is -0.133. The van der Waals surface area contributed by atoms with Gasteiger partial charge in [0, 0.05) is 19.5 Å². The Bertz CT molecular complexity index is 276. The van der Waals surface area contributed by atoms with Gasteiger partial charge in [-0.25, -0.2) is 0 Å². The Labute approximate surface area is 111 Å². The van der Waals surface area contributed by atoms with Crippen molar-refractivity contribution in [3.8, 4) is 0 Å². The lowest BCUT2D eigenvalue weighted by atomic mass is 9.80. The third kappa shape index (κ3) is 3.47. The fraction of sp³-hybridized carbons (Fsp3) is 0.933. The highest BCUT2D eigenvalue weighted by Crippen LogP contribution is 2.31. The summed E-state index contributed by atoms with van der Waals surface area (Å²) in [6.07, 6.45) is 9.46. The summed E-state index contributed by atoms with van der Waals surface area (Å²) < 4.78 is 0. The van der Waals surface area contributed by atoms with E-state index in [9.17, 15) is 4.79 Å². The summed E-state index contributed by atoms with van der Waals surface area (Å²) in [6.45, 7) is 4.82. The Kier molecular flexibility index (Phi) is 4.66. The van der Waals surface area contributed by atoms with Gasteiger partial charge in [-0.2, -0.15) is 0 Å². The molecule has 1 aliphatic carbocycles. The second-order valence-electron chi connectivity index (χ2n) is 6.58. The minimum Gasteiger partial charge on any atom is -0.343 e. The molecule has 2 rings (SSSR count). The first-order valence-electron chi connectivity index (χ1n) is 7.61. The Morgan fingerprint density at radius 2 is 1.89 bits per heavy atom. The summed E-state index contributed by atoms with van der Waals surface area (Å²) in [6, 6.07) is 0. The lowest BCUT2D eigenvalue weighted by Gasteiger charge is -2.38. The van der Waals surface area contributed by atoms with E-state index in [1.54, 1.807) is 0 Å². The molecular weight excluding hydrogens is 224 g/mol. The lowest BCUT2D eigenvalue weighted by Crippen LogP contribution is -2.44. The number of hydrogen-bond donors (Lipinski definition) is 1. The third-order valence-electron chi connectivity index (χ3n) is 5.06. The monoisotopic (exact) mass is 252 g/mol. The maximum absolute atomic E-state index is 12.1. The van der Waals surface area contributed by atoms with Crippen LogP contribution < -0.4 is 5.73 Å². The van der Waals surface area contributed by atoms with E-state index in [0.29, 0.717) is 5.91 Å². The quantitative estimate of drug-likeness (QED) is 0.836. The zero-order chi connectivity index (χ0) is 13.0. The SMILES string of the molecule is CC1(CN)CCN(C(=O)CCC2CCCC2)CC1. The van der Waals surface area contributed by atoms with Gasteiger partial charge < -0.3 is 10.6 Å². The molecule has 1 saturated heterocycles. The molecule has 2 fully saturated rings. The van der Waals surface area contributed by atoms with E-state index in [1.165, 1.54) is 25.7 Å². The van der Waals surface area contributed by atoms with Gasteiger partial charge in [-0.15, -0.1) is 0 Å². The Morgan fingerprint density at radius 1 is 1.28 bits per heavy atom. The molecule has 1 heterocycles. The van der Waals surface area contributed by atoms with E-state index in [4.69, 9.17) is 5.73 Å². The largest absolute Gasteiger partial charge is 0.343 e. The second kappa shape index (κ2) is 6.05. The van der Waals surface area contributed by atoms with E-state index in [0.717, 1.165) is 51.2 Å². The van der Waals surface area contributed by atoms with E-state index in [1.807, 2.05) is 0 Å². The smallest absolute Gasteiger partial charge is 0.222 e. The van der Waals surface area contributed by atoms with Crippen molar-refractivity contribution in [1.29, 1.82) is 0 Å². The first-order valence-corrected chi connectivity index (χ1v) is 7.61. The van der Waals surface area contributed by atoms with Gasteiger partial charge >= 0.3 is 0 Å². The summed E-state index contributed by atoms with van der Waals surface area (Å²) in [4.78, 5) is 14.2. The first kappa shape index (κ1) is 13.9. The minimum absolute atomic E-state index is 0.266. The van der Waals surface area contributed by atoms with Crippen LogP contribution in [0.4, 0.5) is 0 Å². The van der Waals surface area contributed by atoms with Crippen LogP contribution in [0.3, 0.4) is 0 Å². The molecule has 0 bridgehead atoms. The summed E-state index contributed by atoms with van der Waals surface area (Å²) in [7, 11) is 0. The fourth-order valence-electron chi connectivity index (χ4n) is 3.28. The Hall–Kier alpha value is -0.570. The van der Waals surface area contributed by atoms with Gasteiger partial charge in [0.15, 0.2) is 0 Å². The van der Waals surface area contributed by atoms with Crippen LogP contribution >= 0.6 is 0 Å². The van der Waals surface area contributed by atoms with Crippen molar-refractivity contribution in [3.63, 3.8) is 0 Å². The predicted molar refractivity (Wildman–Crippen MR) is 74.2 cm³/mol. The average molecular weight is 252 g/mol. The highest BCUT2D eigenvalue weighted by Gasteiger charge is 2.30. The maximum atomic E-state index is 12.1. The minimum atomic E-state index is 0.266. The van der Waals surface area contributed by atoms with Crippen molar-refractivity contribution in [1.82, 2.24) is 4.90 Å². The second-order valence-corrected chi connectivity index (χ2v) is 6.58. The number of piperidine rings is 1. The van der Waals surface area contributed by atoms with Crippen molar-refractivity contribution >= 4 is 5.91 Å². The topological polar surface area (TPSA) is 46.3 Å². The van der Waals surface area contributed by atoms with Gasteiger partial charge in [-0.1, -0.05) is 32.6 Å². The van der Waals surface area contributed by atoms with Crippen LogP contribution in [0.1, 0.15) is 58.3 Å². The van der Waals surface area contributed by atoms with Gasteiger partial charge in [0.05, 0.1) is 0 Å². The molecule has 18 heavy (non-hydrogen) atoms. The number of amides is 1. The number of rotatable bonds is 4. The Morgan fingerprint density at radius 3 is 2.44 bits per heavy atom. The van der Waals surface area contributed by atoms with Gasteiger partial charge in [0.2, 0.25) is 5.91 Å². The number of carbonyl (C=O) groups excluding carboxylic acids is 1. The molecule has 1 aliphatic heterocycles. The summed E-state index contributed by atoms with van der Waals surface area (Å²) in [5.41, 5.74) is 6.06.